The van der Waals surface area contributed by atoms with E-state index in [0.29, 0.717) is 0 Å². The number of unbranched alkanes of at least 4 members (excludes halogenated alkanes) is 9. The minimum Gasteiger partial charge on any atom is -0.353 e. The summed E-state index contributed by atoms with van der Waals surface area (Å²) in [5.74, 6) is -0.0233. The number of hydrogen-bond donors (Lipinski definition) is 2. The van der Waals surface area contributed by atoms with E-state index in [0.717, 1.165) is 49.9 Å². The van der Waals surface area contributed by atoms with Crippen molar-refractivity contribution in [2.75, 3.05) is 13.1 Å². The molecular formula is C52H80N2O2. The van der Waals surface area contributed by atoms with Crippen LogP contribution < -0.4 is 10.6 Å². The van der Waals surface area contributed by atoms with Crippen molar-refractivity contribution in [1.29, 1.82) is 0 Å². The molecule has 2 aliphatic carbocycles. The van der Waals surface area contributed by atoms with Crippen LogP contribution in [-0.2, 0) is 9.59 Å². The fraction of sp³-hybridized carbons (Fsp3) is 0.577. The highest BCUT2D eigenvalue weighted by molar-refractivity contribution is 5.89. The van der Waals surface area contributed by atoms with Crippen LogP contribution in [0.3, 0.4) is 0 Å². The minimum absolute atomic E-state index is 0.0117. The van der Waals surface area contributed by atoms with Crippen molar-refractivity contribution in [2.45, 2.75) is 172 Å². The van der Waals surface area contributed by atoms with Gasteiger partial charge >= 0.3 is 0 Å². The van der Waals surface area contributed by atoms with Crippen LogP contribution in [0.25, 0.3) is 0 Å². The zero-order valence-electron chi connectivity index (χ0n) is 37.5. The fourth-order valence-electron chi connectivity index (χ4n) is 7.96. The average molecular weight is 765 g/mol. The maximum Gasteiger partial charge on any atom is 0.244 e. The molecule has 0 bridgehead atoms. The van der Waals surface area contributed by atoms with E-state index in [4.69, 9.17) is 0 Å². The Bertz CT molecular complexity index is 1460. The minimum atomic E-state index is -0.0117. The van der Waals surface area contributed by atoms with Gasteiger partial charge in [-0.3, -0.25) is 9.59 Å². The Morgan fingerprint density at radius 2 is 0.857 bits per heavy atom. The van der Waals surface area contributed by atoms with E-state index >= 15 is 0 Å². The van der Waals surface area contributed by atoms with Crippen molar-refractivity contribution >= 4 is 11.8 Å². The molecule has 0 atom stereocenters. The molecule has 2 aliphatic rings. The highest BCUT2D eigenvalue weighted by Gasteiger charge is 2.27. The molecule has 4 heteroatoms. The number of allylic oxidation sites excluding steroid dienone is 18. The van der Waals surface area contributed by atoms with Crippen LogP contribution in [0.4, 0.5) is 0 Å². The molecule has 0 aromatic carbocycles. The predicted molar refractivity (Wildman–Crippen MR) is 244 cm³/mol. The van der Waals surface area contributed by atoms with Crippen molar-refractivity contribution in [3.8, 4) is 0 Å². The van der Waals surface area contributed by atoms with Crippen LogP contribution >= 0.6 is 0 Å². The summed E-state index contributed by atoms with van der Waals surface area (Å²) in [4.78, 5) is 24.7. The summed E-state index contributed by atoms with van der Waals surface area (Å²) in [5.41, 5.74) is 10.8. The first kappa shape index (κ1) is 48.5. The number of amides is 2. The van der Waals surface area contributed by atoms with Gasteiger partial charge in [0.1, 0.15) is 0 Å². The van der Waals surface area contributed by atoms with Crippen molar-refractivity contribution in [3.05, 3.63) is 117 Å². The third-order valence-electron chi connectivity index (χ3n) is 11.5. The Kier molecular flexibility index (Phi) is 22.8. The first-order valence-corrected chi connectivity index (χ1v) is 22.0. The first-order valence-electron chi connectivity index (χ1n) is 22.0. The van der Waals surface area contributed by atoms with Crippen LogP contribution in [0.5, 0.6) is 0 Å². The van der Waals surface area contributed by atoms with Gasteiger partial charge in [0, 0.05) is 25.2 Å². The summed E-state index contributed by atoms with van der Waals surface area (Å²) >= 11 is 0. The summed E-state index contributed by atoms with van der Waals surface area (Å²) in [6.45, 7) is 23.6. The second-order valence-corrected chi connectivity index (χ2v) is 18.0. The molecule has 0 radical (unpaired) electrons. The van der Waals surface area contributed by atoms with Gasteiger partial charge in [-0.05, 0) is 126 Å². The quantitative estimate of drug-likeness (QED) is 0.0618. The van der Waals surface area contributed by atoms with E-state index < -0.39 is 0 Å². The summed E-state index contributed by atoms with van der Waals surface area (Å²) in [6.07, 6.45) is 44.0. The normalized spacial score (nSPS) is 18.7. The van der Waals surface area contributed by atoms with Gasteiger partial charge in [0.2, 0.25) is 11.8 Å². The number of carbonyl (C=O) groups excluding carboxylic acids is 2. The van der Waals surface area contributed by atoms with Crippen LogP contribution in [-0.4, -0.2) is 24.9 Å². The van der Waals surface area contributed by atoms with Crippen LogP contribution in [0.1, 0.15) is 172 Å². The second kappa shape index (κ2) is 26.3. The molecule has 2 N–H and O–H groups in total. The Balaban J connectivity index is 1.48. The lowest BCUT2D eigenvalue weighted by atomic mass is 9.72. The van der Waals surface area contributed by atoms with Gasteiger partial charge in [-0.1, -0.05) is 162 Å². The second-order valence-electron chi connectivity index (χ2n) is 18.0. The van der Waals surface area contributed by atoms with Gasteiger partial charge in [0.05, 0.1) is 0 Å². The highest BCUT2D eigenvalue weighted by Crippen LogP contribution is 2.41. The van der Waals surface area contributed by atoms with Gasteiger partial charge in [-0.25, -0.2) is 0 Å². The number of nitrogens with one attached hydrogen (secondary N) is 2. The number of rotatable bonds is 23. The highest BCUT2D eigenvalue weighted by atomic mass is 16.2. The third-order valence-corrected chi connectivity index (χ3v) is 11.5. The van der Waals surface area contributed by atoms with Crippen LogP contribution in [0.2, 0.25) is 0 Å². The van der Waals surface area contributed by atoms with Crippen molar-refractivity contribution in [2.24, 2.45) is 10.8 Å². The molecule has 0 unspecified atom stereocenters. The molecule has 0 aliphatic heterocycles. The summed E-state index contributed by atoms with van der Waals surface area (Å²) < 4.78 is 0. The SMILES string of the molecule is CC1=C(/C=C/C(C)=C/C=C/C(C)=C/C(=O)NCCCCCCCCCCCCNC(=O)/C=C(C)/C=C/C=C(C)/C=C/C2=C(C)CCCC2(C)C)C(C)(C)CCC1. The average Bonchev–Trinajstić information content (AvgIpc) is 3.10. The van der Waals surface area contributed by atoms with Crippen LogP contribution in [0, 0.1) is 10.8 Å². The number of hydrogen-bond acceptors (Lipinski definition) is 2. The van der Waals surface area contributed by atoms with E-state index in [1.807, 2.05) is 38.2 Å². The summed E-state index contributed by atoms with van der Waals surface area (Å²) in [7, 11) is 0. The Morgan fingerprint density at radius 3 is 1.20 bits per heavy atom. The standard InChI is InChI=1S/C52H80N2O2/c1-41(31-33-47-45(5)29-23-35-51(47,7)8)25-21-27-43(3)39-49(55)53-37-19-17-15-13-11-12-14-16-18-20-38-54-50(56)40-44(4)28-22-26-42(2)32-34-48-46(6)30-24-36-52(48,9)10/h21-22,25-28,31-34,39-40H,11-20,23-24,29-30,35-38H2,1-10H3,(H,53,55)(H,54,56)/b27-21+,28-22+,33-31+,34-32+,41-25+,42-26+,43-39+,44-40+. The third kappa shape index (κ3) is 20.5. The molecule has 4 nitrogen and oxygen atoms in total. The summed E-state index contributed by atoms with van der Waals surface area (Å²) in [6, 6.07) is 0. The molecular weight excluding hydrogens is 685 g/mol. The lowest BCUT2D eigenvalue weighted by Gasteiger charge is -2.33. The maximum atomic E-state index is 12.3. The monoisotopic (exact) mass is 765 g/mol. The van der Waals surface area contributed by atoms with E-state index in [1.165, 1.54) is 110 Å². The largest absolute Gasteiger partial charge is 0.353 e. The van der Waals surface area contributed by atoms with Gasteiger partial charge < -0.3 is 10.6 Å². The van der Waals surface area contributed by atoms with E-state index in [9.17, 15) is 9.59 Å². The molecule has 0 aromatic heterocycles. The molecule has 2 rings (SSSR count). The van der Waals surface area contributed by atoms with Gasteiger partial charge in [0.15, 0.2) is 0 Å². The molecule has 0 fully saturated rings. The lowest BCUT2D eigenvalue weighted by molar-refractivity contribution is -0.117. The molecule has 2 amide bonds. The molecule has 0 spiro atoms. The van der Waals surface area contributed by atoms with Crippen molar-refractivity contribution in [1.82, 2.24) is 10.6 Å². The fourth-order valence-corrected chi connectivity index (χ4v) is 7.96. The van der Waals surface area contributed by atoms with Gasteiger partial charge in [0.25, 0.3) is 0 Å². The molecule has 310 valence electrons. The summed E-state index contributed by atoms with van der Waals surface area (Å²) in [5, 5.41) is 6.08. The number of carbonyl (C=O) groups is 2. The molecule has 56 heavy (non-hydrogen) atoms. The molecule has 0 saturated heterocycles. The van der Waals surface area contributed by atoms with Crippen molar-refractivity contribution in [3.63, 3.8) is 0 Å². The Labute approximate surface area is 344 Å². The van der Waals surface area contributed by atoms with E-state index in [-0.39, 0.29) is 22.6 Å². The molecule has 0 heterocycles. The first-order chi connectivity index (χ1) is 26.6. The zero-order valence-corrected chi connectivity index (χ0v) is 37.5. The predicted octanol–water partition coefficient (Wildman–Crippen LogP) is 14.2. The topological polar surface area (TPSA) is 58.2 Å². The van der Waals surface area contributed by atoms with Crippen molar-refractivity contribution < 1.29 is 9.59 Å². The van der Waals surface area contributed by atoms with E-state index in [2.05, 4.69) is 102 Å². The van der Waals surface area contributed by atoms with E-state index in [1.54, 1.807) is 12.2 Å². The smallest absolute Gasteiger partial charge is 0.244 e. The molecule has 0 aromatic rings. The zero-order chi connectivity index (χ0) is 41.4. The maximum absolute atomic E-state index is 12.3. The van der Waals surface area contributed by atoms with Crippen LogP contribution in [0.15, 0.2) is 117 Å². The molecule has 0 saturated carbocycles. The Morgan fingerprint density at radius 1 is 0.518 bits per heavy atom. The Hall–Kier alpha value is -3.66. The van der Waals surface area contributed by atoms with Gasteiger partial charge in [-0.15, -0.1) is 0 Å². The van der Waals surface area contributed by atoms with Gasteiger partial charge in [-0.2, -0.15) is 0 Å². The lowest BCUT2D eigenvalue weighted by Crippen LogP contribution is -2.22.